The SMILES string of the molecule is COc1ccc(-c2[nH]c3ccc(-c4nnc(Cc5cnc[nH]5)o4)cc3c2C(C)C)cc1OC. The standard InChI is InChI=1S/C25H25N5O3/c1-14(2)23-18-9-16(25-30-29-22(33-25)11-17-12-26-13-27-17)5-7-19(18)28-24(23)15-6-8-20(31-3)21(10-15)32-4/h5-10,12-14,28H,11H2,1-4H3,(H,26,27). The number of rotatable bonds is 7. The molecule has 2 N–H and O–H groups in total. The van der Waals surface area contributed by atoms with Gasteiger partial charge in [0.1, 0.15) is 0 Å². The third-order valence-electron chi connectivity index (χ3n) is 5.70. The van der Waals surface area contributed by atoms with Crippen LogP contribution in [0.2, 0.25) is 0 Å². The van der Waals surface area contributed by atoms with E-state index >= 15 is 0 Å². The molecule has 0 atom stereocenters. The van der Waals surface area contributed by atoms with Crippen LogP contribution < -0.4 is 9.47 Å². The summed E-state index contributed by atoms with van der Waals surface area (Å²) in [5.74, 6) is 2.72. The van der Waals surface area contributed by atoms with Crippen LogP contribution in [-0.2, 0) is 6.42 Å². The summed E-state index contributed by atoms with van der Waals surface area (Å²) in [6, 6.07) is 12.1. The van der Waals surface area contributed by atoms with E-state index in [1.807, 2.05) is 24.3 Å². The van der Waals surface area contributed by atoms with Crippen molar-refractivity contribution in [2.24, 2.45) is 0 Å². The van der Waals surface area contributed by atoms with Crippen LogP contribution in [-0.4, -0.2) is 39.4 Å². The van der Waals surface area contributed by atoms with Gasteiger partial charge >= 0.3 is 0 Å². The van der Waals surface area contributed by atoms with Crippen LogP contribution in [0, 0.1) is 0 Å². The van der Waals surface area contributed by atoms with Crippen molar-refractivity contribution in [1.82, 2.24) is 25.1 Å². The first-order valence-corrected chi connectivity index (χ1v) is 10.8. The van der Waals surface area contributed by atoms with Crippen LogP contribution >= 0.6 is 0 Å². The van der Waals surface area contributed by atoms with E-state index in [2.05, 4.69) is 51.1 Å². The maximum atomic E-state index is 5.93. The van der Waals surface area contributed by atoms with Crippen LogP contribution in [0.3, 0.4) is 0 Å². The Morgan fingerprint density at radius 3 is 2.52 bits per heavy atom. The van der Waals surface area contributed by atoms with Crippen molar-refractivity contribution in [3.05, 3.63) is 66.1 Å². The molecule has 3 heterocycles. The normalized spacial score (nSPS) is 11.4. The number of fused-ring (bicyclic) bond motifs is 1. The van der Waals surface area contributed by atoms with Gasteiger partial charge in [0.25, 0.3) is 0 Å². The first-order chi connectivity index (χ1) is 16.1. The van der Waals surface area contributed by atoms with E-state index in [1.165, 1.54) is 5.56 Å². The van der Waals surface area contributed by atoms with Crippen molar-refractivity contribution in [3.63, 3.8) is 0 Å². The minimum atomic E-state index is 0.288. The van der Waals surface area contributed by atoms with E-state index < -0.39 is 0 Å². The van der Waals surface area contributed by atoms with Crippen LogP contribution in [0.1, 0.15) is 36.9 Å². The van der Waals surface area contributed by atoms with Gasteiger partial charge in [0.15, 0.2) is 11.5 Å². The number of aromatic amines is 2. The number of nitrogens with one attached hydrogen (secondary N) is 2. The smallest absolute Gasteiger partial charge is 0.247 e. The summed E-state index contributed by atoms with van der Waals surface area (Å²) in [7, 11) is 3.28. The van der Waals surface area contributed by atoms with E-state index in [4.69, 9.17) is 13.9 Å². The lowest BCUT2D eigenvalue weighted by Gasteiger charge is -2.12. The Labute approximate surface area is 191 Å². The molecule has 33 heavy (non-hydrogen) atoms. The fraction of sp³-hybridized carbons (Fsp3) is 0.240. The number of benzene rings is 2. The molecule has 0 fully saturated rings. The fourth-order valence-corrected chi connectivity index (χ4v) is 4.15. The van der Waals surface area contributed by atoms with Crippen molar-refractivity contribution >= 4 is 10.9 Å². The Bertz CT molecular complexity index is 1400. The molecule has 0 spiro atoms. The van der Waals surface area contributed by atoms with Crippen LogP contribution in [0.25, 0.3) is 33.6 Å². The topological polar surface area (TPSA) is 102 Å². The molecule has 168 valence electrons. The molecule has 0 bridgehead atoms. The molecule has 0 aliphatic heterocycles. The van der Waals surface area contributed by atoms with Gasteiger partial charge in [0.05, 0.1) is 32.7 Å². The lowest BCUT2D eigenvalue weighted by Crippen LogP contribution is -1.93. The molecule has 0 unspecified atom stereocenters. The van der Waals surface area contributed by atoms with E-state index in [0.717, 1.165) is 33.4 Å². The molecule has 8 heteroatoms. The second-order valence-electron chi connectivity index (χ2n) is 8.15. The quantitative estimate of drug-likeness (QED) is 0.352. The molecular weight excluding hydrogens is 418 g/mol. The molecular formula is C25H25N5O3. The molecule has 0 aliphatic rings. The number of hydrogen-bond donors (Lipinski definition) is 2. The Kier molecular flexibility index (Phi) is 5.34. The summed E-state index contributed by atoms with van der Waals surface area (Å²) >= 11 is 0. The highest BCUT2D eigenvalue weighted by Gasteiger charge is 2.19. The first-order valence-electron chi connectivity index (χ1n) is 10.8. The monoisotopic (exact) mass is 443 g/mol. The Balaban J connectivity index is 1.56. The van der Waals surface area contributed by atoms with Crippen molar-refractivity contribution < 1.29 is 13.9 Å². The maximum Gasteiger partial charge on any atom is 0.247 e. The minimum Gasteiger partial charge on any atom is -0.493 e. The van der Waals surface area contributed by atoms with Gasteiger partial charge in [-0.2, -0.15) is 0 Å². The second-order valence-corrected chi connectivity index (χ2v) is 8.15. The van der Waals surface area contributed by atoms with Gasteiger partial charge in [-0.05, 0) is 47.9 Å². The zero-order valence-corrected chi connectivity index (χ0v) is 19.0. The molecule has 0 saturated carbocycles. The number of H-pyrrole nitrogens is 2. The van der Waals surface area contributed by atoms with Gasteiger partial charge < -0.3 is 23.9 Å². The summed E-state index contributed by atoms with van der Waals surface area (Å²) < 4.78 is 16.8. The average Bonchev–Trinajstić information content (AvgIpc) is 3.58. The lowest BCUT2D eigenvalue weighted by atomic mass is 9.95. The molecule has 2 aromatic carbocycles. The van der Waals surface area contributed by atoms with E-state index in [-0.39, 0.29) is 5.92 Å². The fourth-order valence-electron chi connectivity index (χ4n) is 4.15. The summed E-state index contributed by atoms with van der Waals surface area (Å²) in [5.41, 5.74) is 6.16. The molecule has 5 aromatic rings. The third kappa shape index (κ3) is 3.84. The second kappa shape index (κ2) is 8.46. The average molecular weight is 444 g/mol. The van der Waals surface area contributed by atoms with Crippen molar-refractivity contribution in [2.75, 3.05) is 14.2 Å². The molecule has 0 saturated heterocycles. The van der Waals surface area contributed by atoms with E-state index in [0.29, 0.717) is 29.7 Å². The van der Waals surface area contributed by atoms with Gasteiger partial charge in [-0.3, -0.25) is 0 Å². The number of nitrogens with zero attached hydrogens (tertiary/aromatic N) is 3. The van der Waals surface area contributed by atoms with Gasteiger partial charge in [-0.1, -0.05) is 13.8 Å². The van der Waals surface area contributed by atoms with Gasteiger partial charge in [-0.25, -0.2) is 4.98 Å². The van der Waals surface area contributed by atoms with Crippen LogP contribution in [0.15, 0.2) is 53.3 Å². The molecule has 0 radical (unpaired) electrons. The molecule has 0 amide bonds. The van der Waals surface area contributed by atoms with Gasteiger partial charge in [-0.15, -0.1) is 10.2 Å². The van der Waals surface area contributed by atoms with Gasteiger partial charge in [0.2, 0.25) is 11.8 Å². The van der Waals surface area contributed by atoms with E-state index in [1.54, 1.807) is 26.7 Å². The zero-order valence-electron chi connectivity index (χ0n) is 19.0. The lowest BCUT2D eigenvalue weighted by molar-refractivity contribution is 0.355. The molecule has 3 aromatic heterocycles. The minimum absolute atomic E-state index is 0.288. The third-order valence-corrected chi connectivity index (χ3v) is 5.70. The Hall–Kier alpha value is -4.07. The van der Waals surface area contributed by atoms with Crippen LogP contribution in [0.5, 0.6) is 11.5 Å². The maximum absolute atomic E-state index is 5.93. The number of imidazole rings is 1. The van der Waals surface area contributed by atoms with Crippen molar-refractivity contribution in [3.8, 4) is 34.2 Å². The highest BCUT2D eigenvalue weighted by atomic mass is 16.5. The van der Waals surface area contributed by atoms with Crippen molar-refractivity contribution in [2.45, 2.75) is 26.2 Å². The highest BCUT2D eigenvalue weighted by molar-refractivity contribution is 5.94. The Morgan fingerprint density at radius 1 is 0.970 bits per heavy atom. The molecule has 0 aliphatic carbocycles. The zero-order chi connectivity index (χ0) is 22.9. The van der Waals surface area contributed by atoms with Crippen LogP contribution in [0.4, 0.5) is 0 Å². The summed E-state index contributed by atoms with van der Waals surface area (Å²) in [5, 5.41) is 9.58. The van der Waals surface area contributed by atoms with E-state index in [9.17, 15) is 0 Å². The summed E-state index contributed by atoms with van der Waals surface area (Å²) in [6.45, 7) is 4.38. The predicted octanol–water partition coefficient (Wildman–Crippen LogP) is 5.34. The predicted molar refractivity (Wildman–Crippen MR) is 126 cm³/mol. The number of aromatic nitrogens is 5. The molecule has 8 nitrogen and oxygen atoms in total. The highest BCUT2D eigenvalue weighted by Crippen LogP contribution is 2.40. The van der Waals surface area contributed by atoms with Crippen molar-refractivity contribution in [1.29, 1.82) is 0 Å². The summed E-state index contributed by atoms with van der Waals surface area (Å²) in [6.07, 6.45) is 3.90. The largest absolute Gasteiger partial charge is 0.493 e. The molecule has 5 rings (SSSR count). The number of methoxy groups -OCH3 is 2. The number of ether oxygens (including phenoxy) is 2. The Morgan fingerprint density at radius 2 is 1.79 bits per heavy atom. The first kappa shape index (κ1) is 20.8. The summed E-state index contributed by atoms with van der Waals surface area (Å²) in [4.78, 5) is 10.7. The number of hydrogen-bond acceptors (Lipinski definition) is 6. The van der Waals surface area contributed by atoms with Gasteiger partial charge in [0, 0.05) is 33.9 Å².